The van der Waals surface area contributed by atoms with E-state index in [9.17, 15) is 26.3 Å². The second-order valence-electron chi connectivity index (χ2n) is 8.08. The van der Waals surface area contributed by atoms with E-state index < -0.39 is 29.8 Å². The standard InChI is InChI=1S/C22H20F6N4O2/c1-20(2,3)32-19-30-16(13-7-6-8-14(11-13)33-21(23,24)25)12-18(31-19)29-15-9-4-5-10-17(15)34-22(26,27)28/h4-12H,1-3H3,(H2,29,30,31,32). The molecule has 182 valence electrons. The fourth-order valence-corrected chi connectivity index (χ4v) is 2.82. The van der Waals surface area contributed by atoms with Gasteiger partial charge in [0.1, 0.15) is 11.6 Å². The Labute approximate surface area is 190 Å². The third-order valence-electron chi connectivity index (χ3n) is 3.95. The van der Waals surface area contributed by atoms with Gasteiger partial charge < -0.3 is 20.1 Å². The first kappa shape index (κ1) is 24.9. The molecule has 0 saturated heterocycles. The SMILES string of the molecule is CC(C)(C)Nc1nc(Nc2ccccc2OC(F)(F)F)cc(-c2cccc(OC(F)(F)F)c2)n1. The lowest BCUT2D eigenvalue weighted by atomic mass is 10.1. The molecule has 6 nitrogen and oxygen atoms in total. The first-order chi connectivity index (χ1) is 15.7. The first-order valence-corrected chi connectivity index (χ1v) is 9.82. The van der Waals surface area contributed by atoms with E-state index in [1.165, 1.54) is 36.4 Å². The van der Waals surface area contributed by atoms with Crippen LogP contribution in [0.2, 0.25) is 0 Å². The third kappa shape index (κ3) is 7.71. The van der Waals surface area contributed by atoms with Gasteiger partial charge in [-0.05, 0) is 45.0 Å². The number of nitrogens with one attached hydrogen (secondary N) is 2. The summed E-state index contributed by atoms with van der Waals surface area (Å²) in [6.07, 6.45) is -9.79. The molecule has 0 saturated carbocycles. The molecule has 0 aliphatic carbocycles. The van der Waals surface area contributed by atoms with E-state index in [0.717, 1.165) is 18.2 Å². The average Bonchev–Trinajstić information content (AvgIpc) is 2.66. The Bertz CT molecular complexity index is 1140. The van der Waals surface area contributed by atoms with Crippen molar-refractivity contribution in [2.24, 2.45) is 0 Å². The number of benzene rings is 2. The highest BCUT2D eigenvalue weighted by atomic mass is 19.4. The summed E-state index contributed by atoms with van der Waals surface area (Å²) in [7, 11) is 0. The number of nitrogens with zero attached hydrogens (tertiary/aromatic N) is 2. The van der Waals surface area contributed by atoms with Crippen LogP contribution in [0.1, 0.15) is 20.8 Å². The van der Waals surface area contributed by atoms with Crippen LogP contribution in [0.25, 0.3) is 11.3 Å². The average molecular weight is 486 g/mol. The number of ether oxygens (including phenoxy) is 2. The summed E-state index contributed by atoms with van der Waals surface area (Å²) in [5.41, 5.74) is -0.0514. The van der Waals surface area contributed by atoms with E-state index in [1.807, 2.05) is 20.8 Å². The van der Waals surface area contributed by atoms with Gasteiger partial charge in [-0.15, -0.1) is 26.3 Å². The zero-order valence-corrected chi connectivity index (χ0v) is 18.2. The predicted octanol–water partition coefficient (Wildman–Crippen LogP) is 6.89. The second-order valence-corrected chi connectivity index (χ2v) is 8.08. The predicted molar refractivity (Wildman–Crippen MR) is 114 cm³/mol. The highest BCUT2D eigenvalue weighted by Gasteiger charge is 2.32. The van der Waals surface area contributed by atoms with E-state index in [0.29, 0.717) is 0 Å². The van der Waals surface area contributed by atoms with Gasteiger partial charge >= 0.3 is 12.7 Å². The number of para-hydroxylation sites is 2. The van der Waals surface area contributed by atoms with Crippen LogP contribution in [-0.2, 0) is 0 Å². The van der Waals surface area contributed by atoms with Crippen molar-refractivity contribution in [3.05, 3.63) is 54.6 Å². The quantitative estimate of drug-likeness (QED) is 0.370. The number of aromatic nitrogens is 2. The molecule has 0 unspecified atom stereocenters. The second kappa shape index (κ2) is 9.27. The maximum atomic E-state index is 12.8. The Balaban J connectivity index is 2.03. The van der Waals surface area contributed by atoms with E-state index in [2.05, 4.69) is 30.1 Å². The van der Waals surface area contributed by atoms with E-state index in [4.69, 9.17) is 0 Å². The maximum Gasteiger partial charge on any atom is 0.573 e. The van der Waals surface area contributed by atoms with Crippen molar-refractivity contribution in [1.29, 1.82) is 0 Å². The highest BCUT2D eigenvalue weighted by Crippen LogP contribution is 2.34. The summed E-state index contributed by atoms with van der Waals surface area (Å²) >= 11 is 0. The molecule has 2 N–H and O–H groups in total. The zero-order valence-electron chi connectivity index (χ0n) is 18.2. The molecule has 0 fully saturated rings. The van der Waals surface area contributed by atoms with Crippen LogP contribution in [0.3, 0.4) is 0 Å². The maximum absolute atomic E-state index is 12.8. The minimum absolute atomic E-state index is 0.0275. The molecule has 3 aromatic rings. The van der Waals surface area contributed by atoms with E-state index in [1.54, 1.807) is 0 Å². The molecule has 1 aromatic heterocycles. The van der Waals surface area contributed by atoms with Gasteiger partial charge in [0, 0.05) is 17.2 Å². The number of rotatable bonds is 6. The summed E-state index contributed by atoms with van der Waals surface area (Å²) in [6.45, 7) is 5.50. The molecule has 3 rings (SSSR count). The van der Waals surface area contributed by atoms with E-state index >= 15 is 0 Å². The van der Waals surface area contributed by atoms with Crippen molar-refractivity contribution in [1.82, 2.24) is 9.97 Å². The molecule has 0 radical (unpaired) electrons. The fraction of sp³-hybridized carbons (Fsp3) is 0.273. The molecule has 1 heterocycles. The van der Waals surface area contributed by atoms with Crippen LogP contribution < -0.4 is 20.1 Å². The zero-order chi connectivity index (χ0) is 25.1. The van der Waals surface area contributed by atoms with Gasteiger partial charge in [0.2, 0.25) is 5.95 Å². The van der Waals surface area contributed by atoms with Gasteiger partial charge in [0.15, 0.2) is 5.75 Å². The molecule has 34 heavy (non-hydrogen) atoms. The highest BCUT2D eigenvalue weighted by molar-refractivity contribution is 5.70. The minimum Gasteiger partial charge on any atom is -0.406 e. The van der Waals surface area contributed by atoms with Crippen molar-refractivity contribution in [2.45, 2.75) is 39.0 Å². The summed E-state index contributed by atoms with van der Waals surface area (Å²) in [6, 6.07) is 11.9. The molecule has 0 aliphatic heterocycles. The van der Waals surface area contributed by atoms with Crippen molar-refractivity contribution in [3.8, 4) is 22.8 Å². The van der Waals surface area contributed by atoms with Crippen LogP contribution in [0.15, 0.2) is 54.6 Å². The van der Waals surface area contributed by atoms with Crippen LogP contribution in [0.4, 0.5) is 43.8 Å². The van der Waals surface area contributed by atoms with Gasteiger partial charge in [0.25, 0.3) is 0 Å². The normalized spacial score (nSPS) is 12.3. The lowest BCUT2D eigenvalue weighted by molar-refractivity contribution is -0.275. The molecular weight excluding hydrogens is 466 g/mol. The lowest BCUT2D eigenvalue weighted by Crippen LogP contribution is -2.27. The Morgan fingerprint density at radius 1 is 0.765 bits per heavy atom. The van der Waals surface area contributed by atoms with Crippen molar-refractivity contribution in [2.75, 3.05) is 10.6 Å². The van der Waals surface area contributed by atoms with E-state index in [-0.39, 0.29) is 28.7 Å². The van der Waals surface area contributed by atoms with Crippen molar-refractivity contribution in [3.63, 3.8) is 0 Å². The lowest BCUT2D eigenvalue weighted by Gasteiger charge is -2.22. The van der Waals surface area contributed by atoms with Crippen LogP contribution in [0, 0.1) is 0 Å². The van der Waals surface area contributed by atoms with Gasteiger partial charge in [-0.3, -0.25) is 0 Å². The molecule has 0 bridgehead atoms. The van der Waals surface area contributed by atoms with Crippen LogP contribution in [-0.4, -0.2) is 28.2 Å². The molecule has 0 amide bonds. The fourth-order valence-electron chi connectivity index (χ4n) is 2.82. The molecule has 12 heteroatoms. The topological polar surface area (TPSA) is 68.3 Å². The Kier molecular flexibility index (Phi) is 6.80. The first-order valence-electron chi connectivity index (χ1n) is 9.82. The molecule has 0 aliphatic rings. The number of hydrogen-bond donors (Lipinski definition) is 2. The van der Waals surface area contributed by atoms with Crippen molar-refractivity contribution < 1.29 is 35.8 Å². The van der Waals surface area contributed by atoms with Crippen molar-refractivity contribution >= 4 is 17.5 Å². The van der Waals surface area contributed by atoms with Gasteiger partial charge in [-0.1, -0.05) is 24.3 Å². The monoisotopic (exact) mass is 486 g/mol. The van der Waals surface area contributed by atoms with Gasteiger partial charge in [-0.25, -0.2) is 4.98 Å². The Hall–Kier alpha value is -3.70. The smallest absolute Gasteiger partial charge is 0.406 e. The number of hydrogen-bond acceptors (Lipinski definition) is 6. The Morgan fingerprint density at radius 3 is 2.09 bits per heavy atom. The van der Waals surface area contributed by atoms with Crippen LogP contribution >= 0.6 is 0 Å². The molecule has 2 aromatic carbocycles. The third-order valence-corrected chi connectivity index (χ3v) is 3.95. The number of anilines is 3. The van der Waals surface area contributed by atoms with Gasteiger partial charge in [0.05, 0.1) is 11.4 Å². The summed E-state index contributed by atoms with van der Waals surface area (Å²) < 4.78 is 84.2. The minimum atomic E-state index is -4.91. The molecular formula is C22H20F6N4O2. The summed E-state index contributed by atoms with van der Waals surface area (Å²) in [4.78, 5) is 8.62. The Morgan fingerprint density at radius 2 is 1.44 bits per heavy atom. The van der Waals surface area contributed by atoms with Crippen LogP contribution in [0.5, 0.6) is 11.5 Å². The number of alkyl halides is 6. The largest absolute Gasteiger partial charge is 0.573 e. The van der Waals surface area contributed by atoms with Gasteiger partial charge in [-0.2, -0.15) is 4.98 Å². The molecule has 0 spiro atoms. The summed E-state index contributed by atoms with van der Waals surface area (Å²) in [5.74, 6) is -0.755. The molecule has 0 atom stereocenters. The number of halogens is 6. The summed E-state index contributed by atoms with van der Waals surface area (Å²) in [5, 5.41) is 5.80.